The van der Waals surface area contributed by atoms with Crippen molar-refractivity contribution >= 4 is 15.7 Å². The Kier molecular flexibility index (Phi) is 5.56. The number of piperazine rings is 1. The van der Waals surface area contributed by atoms with Gasteiger partial charge in [0.1, 0.15) is 6.04 Å². The Hall–Kier alpha value is -1.59. The van der Waals surface area contributed by atoms with E-state index in [1.807, 2.05) is 0 Å². The molecule has 0 aliphatic carbocycles. The number of sulfone groups is 1. The van der Waals surface area contributed by atoms with E-state index in [-0.39, 0.29) is 18.8 Å². The highest BCUT2D eigenvalue weighted by Gasteiger charge is 2.43. The molecule has 2 heterocycles. The summed E-state index contributed by atoms with van der Waals surface area (Å²) in [4.78, 5) is 13.2. The molecule has 1 aromatic heterocycles. The lowest BCUT2D eigenvalue weighted by Crippen LogP contribution is -2.57. The van der Waals surface area contributed by atoms with Crippen LogP contribution in [0.25, 0.3) is 0 Å². The van der Waals surface area contributed by atoms with Crippen molar-refractivity contribution in [3.05, 3.63) is 17.9 Å². The molecule has 0 radical (unpaired) electrons. The van der Waals surface area contributed by atoms with Crippen molar-refractivity contribution in [3.63, 3.8) is 0 Å². The third-order valence-electron chi connectivity index (χ3n) is 3.60. The monoisotopic (exact) mass is 369 g/mol. The number of hydrogen-bond donors (Lipinski definition) is 2. The smallest absolute Gasteiger partial charge is 0.405 e. The molecule has 24 heavy (non-hydrogen) atoms. The fourth-order valence-corrected chi connectivity index (χ4v) is 2.92. The zero-order chi connectivity index (χ0) is 18.0. The number of carbonyl (C=O) groups excluding carboxylic acids is 1. The van der Waals surface area contributed by atoms with Gasteiger partial charge in [-0.3, -0.25) is 9.69 Å². The first-order valence-electron chi connectivity index (χ1n) is 7.18. The number of halogens is 3. The summed E-state index contributed by atoms with van der Waals surface area (Å²) >= 11 is 0. The Morgan fingerprint density at radius 2 is 2.00 bits per heavy atom. The molecule has 0 saturated carbocycles. The lowest BCUT2D eigenvalue weighted by molar-refractivity contribution is -0.183. The summed E-state index contributed by atoms with van der Waals surface area (Å²) in [5, 5.41) is 4.70. The van der Waals surface area contributed by atoms with Crippen LogP contribution < -0.4 is 10.6 Å². The summed E-state index contributed by atoms with van der Waals surface area (Å²) in [6.45, 7) is 0.683. The average molecular weight is 369 g/mol. The van der Waals surface area contributed by atoms with Gasteiger partial charge in [0.25, 0.3) is 5.91 Å². The number of rotatable bonds is 5. The first-order chi connectivity index (χ1) is 11.1. The van der Waals surface area contributed by atoms with E-state index in [0.717, 1.165) is 18.4 Å². The highest BCUT2D eigenvalue weighted by atomic mass is 32.2. The van der Waals surface area contributed by atoms with Crippen LogP contribution >= 0.6 is 0 Å². The molecule has 1 unspecified atom stereocenters. The van der Waals surface area contributed by atoms with E-state index in [2.05, 4.69) is 10.6 Å². The fraction of sp³-hybridized carbons (Fsp3) is 0.615. The molecular formula is C13H18F3N3O4S. The number of nitrogens with zero attached hydrogens (tertiary/aromatic N) is 1. The Bertz CT molecular complexity index is 681. The van der Waals surface area contributed by atoms with Crippen molar-refractivity contribution in [1.82, 2.24) is 15.5 Å². The minimum absolute atomic E-state index is 0.221. The van der Waals surface area contributed by atoms with Crippen molar-refractivity contribution in [3.8, 4) is 0 Å². The molecule has 1 aliphatic heterocycles. The number of alkyl halides is 3. The minimum Gasteiger partial charge on any atom is -0.440 e. The zero-order valence-corrected chi connectivity index (χ0v) is 13.7. The van der Waals surface area contributed by atoms with Gasteiger partial charge in [-0.25, -0.2) is 8.42 Å². The number of hydrogen-bond acceptors (Lipinski definition) is 6. The van der Waals surface area contributed by atoms with Gasteiger partial charge in [0.15, 0.2) is 5.76 Å². The molecule has 11 heteroatoms. The van der Waals surface area contributed by atoms with E-state index < -0.39 is 39.6 Å². The van der Waals surface area contributed by atoms with Crippen LogP contribution in [0.1, 0.15) is 10.6 Å². The Labute approximate surface area is 137 Å². The van der Waals surface area contributed by atoms with Gasteiger partial charge in [0.2, 0.25) is 14.9 Å². The second-order valence-electron chi connectivity index (χ2n) is 5.44. The van der Waals surface area contributed by atoms with Gasteiger partial charge in [-0.1, -0.05) is 0 Å². The zero-order valence-electron chi connectivity index (χ0n) is 12.9. The highest BCUT2D eigenvalue weighted by Crippen LogP contribution is 2.25. The molecule has 0 aromatic carbocycles. The predicted octanol–water partition coefficient (Wildman–Crippen LogP) is 0.249. The predicted molar refractivity (Wildman–Crippen MR) is 78.4 cm³/mol. The molecule has 0 spiro atoms. The summed E-state index contributed by atoms with van der Waals surface area (Å²) in [7, 11) is -3.63. The molecule has 1 amide bonds. The summed E-state index contributed by atoms with van der Waals surface area (Å²) in [5.41, 5.74) is 0. The molecule has 1 saturated heterocycles. The summed E-state index contributed by atoms with van der Waals surface area (Å²) in [5.74, 6) is -1.24. The van der Waals surface area contributed by atoms with Gasteiger partial charge in [-0.05, 0) is 12.1 Å². The summed E-state index contributed by atoms with van der Waals surface area (Å²) in [6.07, 6.45) is -3.59. The number of amides is 1. The minimum atomic E-state index is -4.49. The van der Waals surface area contributed by atoms with Crippen molar-refractivity contribution in [2.45, 2.75) is 17.3 Å². The summed E-state index contributed by atoms with van der Waals surface area (Å²) in [6, 6.07) is 0.383. The average Bonchev–Trinajstić information content (AvgIpc) is 2.97. The third-order valence-corrected chi connectivity index (χ3v) is 4.55. The van der Waals surface area contributed by atoms with E-state index in [1.54, 1.807) is 0 Å². The number of carbonyl (C=O) groups is 1. The molecule has 1 fully saturated rings. The van der Waals surface area contributed by atoms with Crippen LogP contribution in [-0.2, 0) is 9.84 Å². The van der Waals surface area contributed by atoms with Crippen molar-refractivity contribution in [2.75, 3.05) is 39.0 Å². The van der Waals surface area contributed by atoms with Crippen molar-refractivity contribution in [1.29, 1.82) is 0 Å². The molecule has 0 bridgehead atoms. The van der Waals surface area contributed by atoms with Crippen LogP contribution in [0.3, 0.4) is 0 Å². The van der Waals surface area contributed by atoms with Crippen LogP contribution in [-0.4, -0.2) is 70.4 Å². The molecule has 1 aromatic rings. The quantitative estimate of drug-likeness (QED) is 0.773. The van der Waals surface area contributed by atoms with E-state index >= 15 is 0 Å². The Balaban J connectivity index is 2.03. The maximum absolute atomic E-state index is 13.2. The highest BCUT2D eigenvalue weighted by molar-refractivity contribution is 7.90. The standard InChI is InChI=1S/C13H18F3N3O4S/c1-24(21,22)11-3-2-9(23-11)12(20)18-8-10(13(14,15)16)19-6-4-17-5-7-19/h2-3,10,17H,4-8H2,1H3,(H,18,20). The Morgan fingerprint density at radius 1 is 1.38 bits per heavy atom. The SMILES string of the molecule is CS(=O)(=O)c1ccc(C(=O)NCC(N2CCNCC2)C(F)(F)F)o1. The van der Waals surface area contributed by atoms with Gasteiger partial charge < -0.3 is 15.1 Å². The van der Waals surface area contributed by atoms with Crippen LogP contribution in [0, 0.1) is 0 Å². The first kappa shape index (κ1) is 18.7. The molecule has 1 atom stereocenters. The van der Waals surface area contributed by atoms with E-state index in [4.69, 9.17) is 4.42 Å². The summed E-state index contributed by atoms with van der Waals surface area (Å²) < 4.78 is 67.0. The fourth-order valence-electron chi connectivity index (χ4n) is 2.36. The number of furan rings is 1. The molecule has 136 valence electrons. The maximum Gasteiger partial charge on any atom is 0.405 e. The second-order valence-corrected chi connectivity index (χ2v) is 7.39. The number of nitrogens with one attached hydrogen (secondary N) is 2. The van der Waals surface area contributed by atoms with Crippen molar-refractivity contribution < 1.29 is 30.8 Å². The van der Waals surface area contributed by atoms with E-state index in [9.17, 15) is 26.4 Å². The largest absolute Gasteiger partial charge is 0.440 e. The molecule has 2 rings (SSSR count). The normalized spacial score (nSPS) is 18.3. The van der Waals surface area contributed by atoms with E-state index in [0.29, 0.717) is 13.1 Å². The van der Waals surface area contributed by atoms with Gasteiger partial charge in [0.05, 0.1) is 0 Å². The second kappa shape index (κ2) is 7.11. The van der Waals surface area contributed by atoms with Crippen molar-refractivity contribution in [2.24, 2.45) is 0 Å². The van der Waals surface area contributed by atoms with E-state index in [1.165, 1.54) is 4.90 Å². The molecule has 1 aliphatic rings. The van der Waals surface area contributed by atoms with Gasteiger partial charge in [-0.15, -0.1) is 0 Å². The maximum atomic E-state index is 13.2. The van der Waals surface area contributed by atoms with Gasteiger partial charge >= 0.3 is 6.18 Å². The topological polar surface area (TPSA) is 91.7 Å². The van der Waals surface area contributed by atoms with Crippen LogP contribution in [0.4, 0.5) is 13.2 Å². The molecule has 7 nitrogen and oxygen atoms in total. The third kappa shape index (κ3) is 4.71. The van der Waals surface area contributed by atoms with Crippen LogP contribution in [0.5, 0.6) is 0 Å². The van der Waals surface area contributed by atoms with Crippen LogP contribution in [0.2, 0.25) is 0 Å². The first-order valence-corrected chi connectivity index (χ1v) is 9.08. The van der Waals surface area contributed by atoms with Gasteiger partial charge in [0, 0.05) is 39.0 Å². The molecular weight excluding hydrogens is 351 g/mol. The van der Waals surface area contributed by atoms with Gasteiger partial charge in [-0.2, -0.15) is 13.2 Å². The lowest BCUT2D eigenvalue weighted by Gasteiger charge is -2.35. The van der Waals surface area contributed by atoms with Crippen LogP contribution in [0.15, 0.2) is 21.6 Å². The molecule has 2 N–H and O–H groups in total. The lowest BCUT2D eigenvalue weighted by atomic mass is 10.2. The Morgan fingerprint density at radius 3 is 2.50 bits per heavy atom.